The lowest BCUT2D eigenvalue weighted by atomic mass is 10.2. The van der Waals surface area contributed by atoms with Crippen LogP contribution in [0, 0.1) is 6.92 Å². The van der Waals surface area contributed by atoms with E-state index < -0.39 is 0 Å². The van der Waals surface area contributed by atoms with Crippen LogP contribution in [-0.2, 0) is 11.8 Å². The number of hydrogen-bond acceptors (Lipinski definition) is 2. The Hall–Kier alpha value is -1.13. The molecule has 1 aromatic carbocycles. The number of benzene rings is 1. The Bertz CT molecular complexity index is 654. The standard InChI is InChI=1S/C12H13ClN2OS/c1-4-9(16)14-12-15(3)10-7(2)5-6-8(13)11(10)17-12/h5-6H,4H2,1-3H3. The van der Waals surface area contributed by atoms with Gasteiger partial charge in [-0.2, -0.15) is 4.99 Å². The second-order valence-corrected chi connectivity index (χ2v) is 5.23. The van der Waals surface area contributed by atoms with Crippen LogP contribution in [0.4, 0.5) is 0 Å². The zero-order valence-electron chi connectivity index (χ0n) is 9.95. The van der Waals surface area contributed by atoms with Gasteiger partial charge in [-0.3, -0.25) is 4.79 Å². The highest BCUT2D eigenvalue weighted by molar-refractivity contribution is 7.17. The topological polar surface area (TPSA) is 34.4 Å². The molecule has 2 rings (SSSR count). The normalized spacial score (nSPS) is 12.4. The van der Waals surface area contributed by atoms with Crippen LogP contribution in [0.1, 0.15) is 18.9 Å². The van der Waals surface area contributed by atoms with Crippen molar-refractivity contribution < 1.29 is 4.79 Å². The van der Waals surface area contributed by atoms with E-state index in [1.807, 2.05) is 30.7 Å². The van der Waals surface area contributed by atoms with E-state index in [0.717, 1.165) is 15.8 Å². The van der Waals surface area contributed by atoms with Crippen LogP contribution < -0.4 is 4.80 Å². The van der Waals surface area contributed by atoms with E-state index in [-0.39, 0.29) is 5.91 Å². The van der Waals surface area contributed by atoms with Gasteiger partial charge in [-0.1, -0.05) is 35.9 Å². The fourth-order valence-corrected chi connectivity index (χ4v) is 3.08. The summed E-state index contributed by atoms with van der Waals surface area (Å²) in [5, 5.41) is 0.705. The van der Waals surface area contributed by atoms with E-state index in [2.05, 4.69) is 4.99 Å². The molecule has 90 valence electrons. The molecule has 2 aromatic rings. The molecule has 5 heteroatoms. The lowest BCUT2D eigenvalue weighted by Crippen LogP contribution is -2.13. The van der Waals surface area contributed by atoms with Gasteiger partial charge in [-0.05, 0) is 18.6 Å². The maximum Gasteiger partial charge on any atom is 0.248 e. The summed E-state index contributed by atoms with van der Waals surface area (Å²) < 4.78 is 2.91. The minimum absolute atomic E-state index is 0.110. The van der Waals surface area contributed by atoms with Gasteiger partial charge in [0.05, 0.1) is 15.2 Å². The van der Waals surface area contributed by atoms with E-state index in [0.29, 0.717) is 16.2 Å². The third-order valence-electron chi connectivity index (χ3n) is 2.62. The molecular weight excluding hydrogens is 256 g/mol. The minimum Gasteiger partial charge on any atom is -0.319 e. The molecule has 1 heterocycles. The molecule has 0 spiro atoms. The van der Waals surface area contributed by atoms with Crippen molar-refractivity contribution in [1.82, 2.24) is 4.57 Å². The molecule has 0 saturated heterocycles. The second kappa shape index (κ2) is 4.63. The Kier molecular flexibility index (Phi) is 3.35. The van der Waals surface area contributed by atoms with E-state index in [1.165, 1.54) is 11.3 Å². The van der Waals surface area contributed by atoms with Gasteiger partial charge in [0.1, 0.15) is 0 Å². The highest BCUT2D eigenvalue weighted by atomic mass is 35.5. The Balaban J connectivity index is 2.82. The molecule has 1 amide bonds. The summed E-state index contributed by atoms with van der Waals surface area (Å²) >= 11 is 7.61. The summed E-state index contributed by atoms with van der Waals surface area (Å²) in [4.78, 5) is 16.2. The average Bonchev–Trinajstić information content (AvgIpc) is 2.63. The lowest BCUT2D eigenvalue weighted by molar-refractivity contribution is -0.117. The van der Waals surface area contributed by atoms with Gasteiger partial charge < -0.3 is 4.57 Å². The fourth-order valence-electron chi connectivity index (χ4n) is 1.70. The zero-order chi connectivity index (χ0) is 12.6. The molecule has 1 aromatic heterocycles. The summed E-state index contributed by atoms with van der Waals surface area (Å²) in [7, 11) is 1.91. The van der Waals surface area contributed by atoms with E-state index in [9.17, 15) is 4.79 Å². The summed E-state index contributed by atoms with van der Waals surface area (Å²) in [5.41, 5.74) is 2.18. The van der Waals surface area contributed by atoms with Gasteiger partial charge in [0.2, 0.25) is 5.91 Å². The predicted molar refractivity (Wildman–Crippen MR) is 71.4 cm³/mol. The van der Waals surface area contributed by atoms with Gasteiger partial charge >= 0.3 is 0 Å². The molecule has 0 radical (unpaired) electrons. The molecule has 0 atom stereocenters. The number of thiazole rings is 1. The van der Waals surface area contributed by atoms with Crippen molar-refractivity contribution >= 4 is 39.1 Å². The van der Waals surface area contributed by atoms with Crippen molar-refractivity contribution in [2.75, 3.05) is 0 Å². The third-order valence-corrected chi connectivity index (χ3v) is 4.22. The first-order valence-electron chi connectivity index (χ1n) is 5.36. The number of aromatic nitrogens is 1. The number of carbonyl (C=O) groups is 1. The molecule has 3 nitrogen and oxygen atoms in total. The number of rotatable bonds is 1. The molecule has 0 aliphatic rings. The smallest absolute Gasteiger partial charge is 0.248 e. The molecule has 0 aliphatic carbocycles. The summed E-state index contributed by atoms with van der Waals surface area (Å²) in [5.74, 6) is -0.110. The highest BCUT2D eigenvalue weighted by Gasteiger charge is 2.09. The molecule has 0 saturated carbocycles. The first kappa shape index (κ1) is 12.3. The SMILES string of the molecule is CCC(=O)N=c1sc2c(Cl)ccc(C)c2n1C. The summed E-state index contributed by atoms with van der Waals surface area (Å²) in [6, 6.07) is 3.85. The second-order valence-electron chi connectivity index (χ2n) is 3.84. The number of halogens is 1. The lowest BCUT2D eigenvalue weighted by Gasteiger charge is -2.00. The quantitative estimate of drug-likeness (QED) is 0.783. The molecule has 0 aliphatic heterocycles. The van der Waals surface area contributed by atoms with Crippen LogP contribution in [0.2, 0.25) is 5.02 Å². The Morgan fingerprint density at radius 3 is 2.82 bits per heavy atom. The van der Waals surface area contributed by atoms with Crippen LogP contribution in [0.5, 0.6) is 0 Å². The summed E-state index contributed by atoms with van der Waals surface area (Å²) in [6.45, 7) is 3.83. The number of amides is 1. The van der Waals surface area contributed by atoms with Crippen LogP contribution in [0.25, 0.3) is 10.2 Å². The number of fused-ring (bicyclic) bond motifs is 1. The number of aryl methyl sites for hydroxylation is 2. The summed E-state index contributed by atoms with van der Waals surface area (Å²) in [6.07, 6.45) is 0.418. The first-order chi connectivity index (χ1) is 8.04. The van der Waals surface area contributed by atoms with E-state index >= 15 is 0 Å². The Morgan fingerprint density at radius 2 is 2.24 bits per heavy atom. The van der Waals surface area contributed by atoms with Gasteiger partial charge in [0.15, 0.2) is 4.80 Å². The van der Waals surface area contributed by atoms with Crippen molar-refractivity contribution in [3.63, 3.8) is 0 Å². The molecular formula is C12H13ClN2OS. The van der Waals surface area contributed by atoms with Crippen molar-refractivity contribution in [1.29, 1.82) is 0 Å². The number of carbonyl (C=O) groups excluding carboxylic acids is 1. The first-order valence-corrected chi connectivity index (χ1v) is 6.56. The van der Waals surface area contributed by atoms with Crippen molar-refractivity contribution in [3.05, 3.63) is 27.5 Å². The van der Waals surface area contributed by atoms with Gasteiger partial charge in [-0.25, -0.2) is 0 Å². The minimum atomic E-state index is -0.110. The molecule has 0 unspecified atom stereocenters. The maximum atomic E-state index is 11.4. The van der Waals surface area contributed by atoms with Crippen molar-refractivity contribution in [2.45, 2.75) is 20.3 Å². The van der Waals surface area contributed by atoms with Crippen LogP contribution in [-0.4, -0.2) is 10.5 Å². The fraction of sp³-hybridized carbons (Fsp3) is 0.333. The number of hydrogen-bond donors (Lipinski definition) is 0. The number of nitrogens with zero attached hydrogens (tertiary/aromatic N) is 2. The maximum absolute atomic E-state index is 11.4. The Labute approximate surface area is 108 Å². The van der Waals surface area contributed by atoms with E-state index in [4.69, 9.17) is 11.6 Å². The predicted octanol–water partition coefficient (Wildman–Crippen LogP) is 3.04. The van der Waals surface area contributed by atoms with E-state index in [1.54, 1.807) is 6.92 Å². The molecule has 0 N–H and O–H groups in total. The van der Waals surface area contributed by atoms with Gasteiger partial charge in [0.25, 0.3) is 0 Å². The highest BCUT2D eigenvalue weighted by Crippen LogP contribution is 2.28. The van der Waals surface area contributed by atoms with Gasteiger partial charge in [0, 0.05) is 13.5 Å². The molecule has 0 fully saturated rings. The largest absolute Gasteiger partial charge is 0.319 e. The van der Waals surface area contributed by atoms with Crippen LogP contribution in [0.3, 0.4) is 0 Å². The average molecular weight is 269 g/mol. The van der Waals surface area contributed by atoms with Gasteiger partial charge in [-0.15, -0.1) is 0 Å². The third kappa shape index (κ3) is 2.15. The molecule has 0 bridgehead atoms. The molecule has 17 heavy (non-hydrogen) atoms. The van der Waals surface area contributed by atoms with Crippen molar-refractivity contribution in [3.8, 4) is 0 Å². The Morgan fingerprint density at radius 1 is 1.53 bits per heavy atom. The van der Waals surface area contributed by atoms with Crippen LogP contribution >= 0.6 is 22.9 Å². The monoisotopic (exact) mass is 268 g/mol. The zero-order valence-corrected chi connectivity index (χ0v) is 11.5. The van der Waals surface area contributed by atoms with Crippen molar-refractivity contribution in [2.24, 2.45) is 12.0 Å². The van der Waals surface area contributed by atoms with Crippen LogP contribution in [0.15, 0.2) is 17.1 Å².